The van der Waals surface area contributed by atoms with Gasteiger partial charge >= 0.3 is 0 Å². The Balaban J connectivity index is 1.52. The zero-order valence-electron chi connectivity index (χ0n) is 15.9. The average Bonchev–Trinajstić information content (AvgIpc) is 3.19. The number of nitrogens with zero attached hydrogens (tertiary/aromatic N) is 1. The fourth-order valence-corrected chi connectivity index (χ4v) is 5.37. The second-order valence-electron chi connectivity index (χ2n) is 8.44. The summed E-state index contributed by atoms with van der Waals surface area (Å²) in [6.07, 6.45) is 11.5. The van der Waals surface area contributed by atoms with Crippen LogP contribution in [0.2, 0.25) is 0 Å². The quantitative estimate of drug-likeness (QED) is 0.588. The van der Waals surface area contributed by atoms with Crippen molar-refractivity contribution in [1.82, 2.24) is 0 Å². The van der Waals surface area contributed by atoms with Gasteiger partial charge in [-0.25, -0.2) is 0 Å². The maximum atomic E-state index is 9.09. The van der Waals surface area contributed by atoms with E-state index in [4.69, 9.17) is 5.26 Å². The zero-order chi connectivity index (χ0) is 17.9. The summed E-state index contributed by atoms with van der Waals surface area (Å²) < 4.78 is 0. The Hall–Kier alpha value is -2.07. The standard InChI is InChI=1S/C25H29N/c1-18-14-19(17-26)10-13-25(18)24-9-5-8-21(16-24)23-12-11-22(15-23)20-6-3-2-4-7-20/h5,8-10,13-14,16,20,22-23H,2-4,6-7,11-12,15H2,1H3. The van der Waals surface area contributed by atoms with E-state index in [0.29, 0.717) is 0 Å². The largest absolute Gasteiger partial charge is 0.192 e. The number of aryl methyl sites for hydroxylation is 1. The molecule has 2 fully saturated rings. The van der Waals surface area contributed by atoms with Crippen molar-refractivity contribution in [2.75, 3.05) is 0 Å². The summed E-state index contributed by atoms with van der Waals surface area (Å²) in [5.41, 5.74) is 6.00. The third-order valence-electron chi connectivity index (χ3n) is 6.81. The van der Waals surface area contributed by atoms with Crippen LogP contribution in [-0.2, 0) is 0 Å². The fourth-order valence-electron chi connectivity index (χ4n) is 5.37. The predicted molar refractivity (Wildman–Crippen MR) is 108 cm³/mol. The van der Waals surface area contributed by atoms with Crippen LogP contribution in [0.4, 0.5) is 0 Å². The van der Waals surface area contributed by atoms with E-state index < -0.39 is 0 Å². The molecule has 0 N–H and O–H groups in total. The molecule has 0 spiro atoms. The Kier molecular flexibility index (Phi) is 5.11. The van der Waals surface area contributed by atoms with Crippen LogP contribution in [0.25, 0.3) is 11.1 Å². The van der Waals surface area contributed by atoms with Crippen molar-refractivity contribution in [3.63, 3.8) is 0 Å². The highest BCUT2D eigenvalue weighted by Gasteiger charge is 2.32. The van der Waals surface area contributed by atoms with Crippen LogP contribution in [0.5, 0.6) is 0 Å². The molecule has 2 saturated carbocycles. The molecular formula is C25H29N. The van der Waals surface area contributed by atoms with Gasteiger partial charge < -0.3 is 0 Å². The monoisotopic (exact) mass is 343 g/mol. The van der Waals surface area contributed by atoms with Crippen molar-refractivity contribution in [1.29, 1.82) is 5.26 Å². The minimum atomic E-state index is 0.737. The molecule has 2 aromatic carbocycles. The Morgan fingerprint density at radius 2 is 1.73 bits per heavy atom. The first-order valence-corrected chi connectivity index (χ1v) is 10.4. The maximum absolute atomic E-state index is 9.09. The van der Waals surface area contributed by atoms with E-state index in [1.165, 1.54) is 73.6 Å². The fraction of sp³-hybridized carbons (Fsp3) is 0.480. The summed E-state index contributed by atoms with van der Waals surface area (Å²) in [4.78, 5) is 0. The van der Waals surface area contributed by atoms with Gasteiger partial charge in [-0.15, -0.1) is 0 Å². The molecule has 2 aliphatic rings. The summed E-state index contributed by atoms with van der Waals surface area (Å²) >= 11 is 0. The summed E-state index contributed by atoms with van der Waals surface area (Å²) in [6, 6.07) is 17.4. The minimum Gasteiger partial charge on any atom is -0.192 e. The molecule has 2 aromatic rings. The van der Waals surface area contributed by atoms with Crippen molar-refractivity contribution in [3.8, 4) is 17.2 Å². The summed E-state index contributed by atoms with van der Waals surface area (Å²) in [5, 5.41) is 9.09. The van der Waals surface area contributed by atoms with Crippen molar-refractivity contribution in [2.24, 2.45) is 11.8 Å². The van der Waals surface area contributed by atoms with Crippen LogP contribution in [0.15, 0.2) is 42.5 Å². The summed E-state index contributed by atoms with van der Waals surface area (Å²) in [6.45, 7) is 2.11. The third-order valence-corrected chi connectivity index (χ3v) is 6.81. The summed E-state index contributed by atoms with van der Waals surface area (Å²) in [7, 11) is 0. The van der Waals surface area contributed by atoms with Gasteiger partial charge in [0, 0.05) is 0 Å². The predicted octanol–water partition coefficient (Wildman–Crippen LogP) is 7.00. The smallest absolute Gasteiger partial charge is 0.0991 e. The van der Waals surface area contributed by atoms with Crippen LogP contribution in [-0.4, -0.2) is 0 Å². The van der Waals surface area contributed by atoms with Gasteiger partial charge in [-0.1, -0.05) is 62.4 Å². The highest BCUT2D eigenvalue weighted by atomic mass is 14.4. The van der Waals surface area contributed by atoms with Gasteiger partial charge in [0.05, 0.1) is 11.6 Å². The summed E-state index contributed by atoms with van der Waals surface area (Å²) in [5.74, 6) is 2.69. The van der Waals surface area contributed by atoms with Gasteiger partial charge in [-0.3, -0.25) is 0 Å². The molecule has 0 aliphatic heterocycles. The molecule has 2 unspecified atom stereocenters. The lowest BCUT2D eigenvalue weighted by Crippen LogP contribution is -2.15. The Labute approximate surface area is 158 Å². The van der Waals surface area contributed by atoms with Gasteiger partial charge in [0.2, 0.25) is 0 Å². The van der Waals surface area contributed by atoms with E-state index in [2.05, 4.69) is 43.3 Å². The topological polar surface area (TPSA) is 23.8 Å². The van der Waals surface area contributed by atoms with Crippen molar-refractivity contribution in [3.05, 3.63) is 59.2 Å². The first-order chi connectivity index (χ1) is 12.7. The SMILES string of the molecule is Cc1cc(C#N)ccc1-c1cccc(C2CCC(C3CCCCC3)C2)c1. The first kappa shape index (κ1) is 17.3. The molecule has 1 heteroatoms. The normalized spacial score (nSPS) is 23.7. The Bertz CT molecular complexity index is 807. The minimum absolute atomic E-state index is 0.737. The van der Waals surface area contributed by atoms with E-state index in [0.717, 1.165) is 23.3 Å². The van der Waals surface area contributed by atoms with Crippen molar-refractivity contribution >= 4 is 0 Å². The molecule has 0 bridgehead atoms. The number of rotatable bonds is 3. The van der Waals surface area contributed by atoms with Crippen LogP contribution in [0.1, 0.15) is 74.0 Å². The lowest BCUT2D eigenvalue weighted by atomic mass is 9.78. The van der Waals surface area contributed by atoms with E-state index >= 15 is 0 Å². The van der Waals surface area contributed by atoms with Crippen LogP contribution >= 0.6 is 0 Å². The second kappa shape index (κ2) is 7.67. The van der Waals surface area contributed by atoms with Gasteiger partial charge in [0.15, 0.2) is 0 Å². The lowest BCUT2D eigenvalue weighted by molar-refractivity contribution is 0.250. The number of benzene rings is 2. The highest BCUT2D eigenvalue weighted by Crippen LogP contribution is 2.46. The molecule has 0 saturated heterocycles. The maximum Gasteiger partial charge on any atom is 0.0991 e. The molecule has 26 heavy (non-hydrogen) atoms. The Morgan fingerprint density at radius 1 is 0.885 bits per heavy atom. The molecular weight excluding hydrogens is 314 g/mol. The molecule has 0 amide bonds. The molecule has 134 valence electrons. The average molecular weight is 344 g/mol. The molecule has 0 radical (unpaired) electrons. The van der Waals surface area contributed by atoms with Gasteiger partial charge in [0.1, 0.15) is 0 Å². The van der Waals surface area contributed by atoms with E-state index in [-0.39, 0.29) is 0 Å². The zero-order valence-corrected chi connectivity index (χ0v) is 15.9. The van der Waals surface area contributed by atoms with E-state index in [1.54, 1.807) is 0 Å². The number of hydrogen-bond donors (Lipinski definition) is 0. The van der Waals surface area contributed by atoms with Crippen molar-refractivity contribution < 1.29 is 0 Å². The van der Waals surface area contributed by atoms with Gasteiger partial charge in [0.25, 0.3) is 0 Å². The molecule has 2 atom stereocenters. The van der Waals surface area contributed by atoms with Crippen LogP contribution < -0.4 is 0 Å². The second-order valence-corrected chi connectivity index (χ2v) is 8.44. The molecule has 2 aliphatic carbocycles. The van der Waals surface area contributed by atoms with Crippen LogP contribution in [0, 0.1) is 30.1 Å². The van der Waals surface area contributed by atoms with E-state index in [1.807, 2.05) is 12.1 Å². The van der Waals surface area contributed by atoms with Crippen molar-refractivity contribution in [2.45, 2.75) is 64.2 Å². The van der Waals surface area contributed by atoms with E-state index in [9.17, 15) is 0 Å². The lowest BCUT2D eigenvalue weighted by Gasteiger charge is -2.27. The molecule has 1 nitrogen and oxygen atoms in total. The Morgan fingerprint density at radius 3 is 2.50 bits per heavy atom. The highest BCUT2D eigenvalue weighted by molar-refractivity contribution is 5.69. The number of nitriles is 1. The van der Waals surface area contributed by atoms with Gasteiger partial charge in [-0.2, -0.15) is 5.26 Å². The van der Waals surface area contributed by atoms with Crippen LogP contribution in [0.3, 0.4) is 0 Å². The molecule has 0 heterocycles. The number of hydrogen-bond acceptors (Lipinski definition) is 1. The molecule has 0 aromatic heterocycles. The third kappa shape index (κ3) is 3.56. The first-order valence-electron chi connectivity index (χ1n) is 10.4. The van der Waals surface area contributed by atoms with Gasteiger partial charge in [-0.05, 0) is 78.3 Å². The molecule has 4 rings (SSSR count).